The van der Waals surface area contributed by atoms with Gasteiger partial charge in [0.1, 0.15) is 11.5 Å². The number of hydrogen-bond acceptors (Lipinski definition) is 22. The number of methoxy groups -OCH3 is 2. The molecular formula is C80H91ClN14O10. The molecule has 0 aromatic carbocycles. The number of carboxylic acids is 1. The van der Waals surface area contributed by atoms with Crippen molar-refractivity contribution in [3.8, 4) is 17.4 Å². The Balaban J connectivity index is 0.000000298. The van der Waals surface area contributed by atoms with Crippen LogP contribution < -0.4 is 20.1 Å². The molecule has 1 unspecified atom stereocenters. The molecule has 0 radical (unpaired) electrons. The zero-order valence-electron chi connectivity index (χ0n) is 59.4. The van der Waals surface area contributed by atoms with Crippen LogP contribution in [0.1, 0.15) is 81.3 Å². The van der Waals surface area contributed by atoms with Crippen molar-refractivity contribution in [1.29, 1.82) is 0 Å². The second kappa shape index (κ2) is 57.2. The van der Waals surface area contributed by atoms with Gasteiger partial charge >= 0.3 is 11.9 Å². The lowest BCUT2D eigenvalue weighted by atomic mass is 9.88. The van der Waals surface area contributed by atoms with Crippen molar-refractivity contribution in [2.45, 2.75) is 58.0 Å². The largest absolute Gasteiger partial charge is 0.506 e. The lowest BCUT2D eigenvalue weighted by molar-refractivity contribution is 0.0599. The van der Waals surface area contributed by atoms with E-state index in [2.05, 4.69) is 106 Å². The van der Waals surface area contributed by atoms with Crippen molar-refractivity contribution >= 4 is 34.9 Å². The number of aromatic amines is 1. The number of pyridine rings is 12. The molecule has 0 saturated carbocycles. The number of carbonyl (C=O) groups is 2. The van der Waals surface area contributed by atoms with Gasteiger partial charge < -0.3 is 49.8 Å². The molecule has 0 amide bonds. The number of aryl methyl sites for hydroxylation is 1. The summed E-state index contributed by atoms with van der Waals surface area (Å²) in [4.78, 5) is 80.2. The first kappa shape index (κ1) is 86.7. The molecule has 24 nitrogen and oxygen atoms in total. The second-order valence-corrected chi connectivity index (χ2v) is 21.9. The third-order valence-corrected chi connectivity index (χ3v) is 13.7. The fourth-order valence-corrected chi connectivity index (χ4v) is 8.28. The Morgan fingerprint density at radius 1 is 0.562 bits per heavy atom. The Labute approximate surface area is 618 Å². The zero-order chi connectivity index (χ0) is 76.0. The summed E-state index contributed by atoms with van der Waals surface area (Å²) < 4.78 is 9.26. The molecule has 1 fully saturated rings. The predicted octanol–water partition coefficient (Wildman–Crippen LogP) is 13.7. The lowest BCUT2D eigenvalue weighted by Gasteiger charge is -2.17. The number of nitrogens with zero attached hydrogens (tertiary/aromatic N) is 13. The lowest BCUT2D eigenvalue weighted by Crippen LogP contribution is -2.17. The van der Waals surface area contributed by atoms with Gasteiger partial charge in [0.15, 0.2) is 0 Å². The Hall–Kier alpha value is -12.5. The molecule has 12 aromatic rings. The first-order valence-electron chi connectivity index (χ1n) is 32.9. The molecule has 14 rings (SSSR count). The van der Waals surface area contributed by atoms with Gasteiger partial charge in [-0.3, -0.25) is 54.6 Å². The van der Waals surface area contributed by atoms with Gasteiger partial charge in [0, 0.05) is 187 Å². The predicted molar refractivity (Wildman–Crippen MR) is 410 cm³/mol. The van der Waals surface area contributed by atoms with Crippen LogP contribution in [0, 0.1) is 6.92 Å². The van der Waals surface area contributed by atoms with Gasteiger partial charge in [-0.15, -0.1) is 0 Å². The number of allylic oxidation sites excluding steroid dienone is 2. The van der Waals surface area contributed by atoms with Crippen LogP contribution in [0.2, 0.25) is 5.02 Å². The highest BCUT2D eigenvalue weighted by Gasteiger charge is 2.12. The first-order valence-corrected chi connectivity index (χ1v) is 33.3. The van der Waals surface area contributed by atoms with Crippen molar-refractivity contribution in [2.75, 3.05) is 57.8 Å². The summed E-state index contributed by atoms with van der Waals surface area (Å²) in [5.41, 5.74) is 7.30. The summed E-state index contributed by atoms with van der Waals surface area (Å²) in [7, 11) is 6.96. The fourth-order valence-electron chi connectivity index (χ4n) is 8.15. The third-order valence-electron chi connectivity index (χ3n) is 13.4. The summed E-state index contributed by atoms with van der Waals surface area (Å²) >= 11 is 5.48. The van der Waals surface area contributed by atoms with Crippen LogP contribution >= 0.6 is 11.6 Å². The van der Waals surface area contributed by atoms with E-state index in [0.29, 0.717) is 22.9 Å². The number of rotatable bonds is 9. The number of carbonyl (C=O) groups excluding carboxylic acids is 1. The number of ether oxygens (including phenoxy) is 2. The topological polar surface area (TPSA) is 335 Å². The summed E-state index contributed by atoms with van der Waals surface area (Å²) in [5, 5.41) is 43.3. The highest BCUT2D eigenvalue weighted by Crippen LogP contribution is 2.28. The maximum absolute atomic E-state index is 10.8. The van der Waals surface area contributed by atoms with Crippen LogP contribution in [0.15, 0.2) is 305 Å². The summed E-state index contributed by atoms with van der Waals surface area (Å²) in [6, 6.07) is 48.7. The van der Waals surface area contributed by atoms with Crippen LogP contribution in [0.3, 0.4) is 0 Å². The van der Waals surface area contributed by atoms with Gasteiger partial charge in [0.2, 0.25) is 11.4 Å². The average molecular weight is 1440 g/mol. The molecule has 1 aliphatic heterocycles. The smallest absolute Gasteiger partial charge is 0.339 e. The molecule has 1 saturated heterocycles. The average Bonchev–Trinajstić information content (AvgIpc) is 1.30. The van der Waals surface area contributed by atoms with Gasteiger partial charge in [0.25, 0.3) is 0 Å². The monoisotopic (exact) mass is 1440 g/mol. The number of aromatic hydroxyl groups is 2. The minimum Gasteiger partial charge on any atom is -0.506 e. The fraction of sp³-hybridized carbons (Fsp3) is 0.200. The standard InChI is InChI=1S/C11H13N.C9H12N2.C7H10N2.C7H7NO2.C7H9NO.C6H5NO2.3C6H7NO.C5H4ClN.2C5H5NO/c1-2-4-10(5-3-1)11-6-8-12-9-7-11;1-2-8-11(7-1)9-3-5-10-6-4-9;1-9(2)7-3-5-8-6-4-7;1-10-7(9)6-3-2-4-8-5-6;9-6-4-7-3-1-2-5-8-7;8-6(9)5-2-1-3-7-4-5;1-5-2-3-6(8)4-7-5;1-8-6-4-2-3-5-7-6;8-5-6-2-1-3-7-4-6;6-5-2-1-3-7-4-5;7-5-2-1-3-6-4-5;7-5-3-1-2-4-6-5/h1-2,6-10H,3-5H2;3-6H,1-2,7-8H2;3-6H,1-2H3;2-5H,1H3;1-3,5,9H,4,6H2;1-4H,(H,8,9);2-4,8H,1H3;2-5H,1H3;1-4,8H,5H2;1-4H;1-4,7H;1-4H,(H,6,7). The first-order chi connectivity index (χ1) is 51.1. The molecule has 6 N–H and O–H groups in total. The molecular weight excluding hydrogens is 1350 g/mol. The van der Waals surface area contributed by atoms with E-state index in [1.807, 2.05) is 99.2 Å². The maximum Gasteiger partial charge on any atom is 0.339 e. The highest BCUT2D eigenvalue weighted by molar-refractivity contribution is 6.30. The summed E-state index contributed by atoms with van der Waals surface area (Å²) in [6.07, 6.45) is 44.6. The van der Waals surface area contributed by atoms with E-state index < -0.39 is 5.97 Å². The van der Waals surface area contributed by atoms with Crippen molar-refractivity contribution in [2.24, 2.45) is 0 Å². The molecule has 0 bridgehead atoms. The number of aliphatic hydroxyl groups is 2. The Kier molecular flexibility index (Phi) is 47.2. The number of aromatic carboxylic acids is 1. The minimum absolute atomic E-state index is 0.0532. The van der Waals surface area contributed by atoms with E-state index in [9.17, 15) is 14.4 Å². The van der Waals surface area contributed by atoms with Crippen LogP contribution in [0.5, 0.6) is 17.4 Å². The van der Waals surface area contributed by atoms with Gasteiger partial charge in [-0.1, -0.05) is 48.0 Å². The van der Waals surface area contributed by atoms with E-state index in [0.717, 1.165) is 22.9 Å². The van der Waals surface area contributed by atoms with Gasteiger partial charge in [0.05, 0.1) is 49.4 Å². The number of esters is 1. The number of anilines is 2. The van der Waals surface area contributed by atoms with Crippen LogP contribution in [-0.2, 0) is 17.8 Å². The SMILES string of the molecule is C1=CCC(c2ccncc2)CC1.CN(C)c1ccncc1.COC(=O)c1cccnc1.COc1ccccn1.Cc1ccc(O)cn1.Clc1cccnc1.O=C(O)c1cccnc1.O=c1cccc[nH]1.OCCc1ccccn1.OCc1cccnc1.Oc1cccnc1.c1cc(N2CCCC2)ccn1. The number of carboxylic acid groups (broad SMARTS) is 1. The third kappa shape index (κ3) is 43.7. The van der Waals surface area contributed by atoms with Gasteiger partial charge in [-0.25, -0.2) is 14.6 Å². The Morgan fingerprint density at radius 3 is 1.50 bits per heavy atom. The summed E-state index contributed by atoms with van der Waals surface area (Å²) in [6.45, 7) is 4.55. The van der Waals surface area contributed by atoms with Gasteiger partial charge in [-0.2, -0.15) is 0 Å². The molecule has 1 aliphatic carbocycles. The van der Waals surface area contributed by atoms with Crippen molar-refractivity contribution in [3.63, 3.8) is 0 Å². The van der Waals surface area contributed by atoms with Crippen LogP contribution in [0.25, 0.3) is 0 Å². The number of aliphatic hydroxyl groups excluding tert-OH is 2. The molecule has 105 heavy (non-hydrogen) atoms. The van der Waals surface area contributed by atoms with Crippen molar-refractivity contribution in [3.05, 3.63) is 349 Å². The Bertz CT molecular complexity index is 4000. The molecule has 548 valence electrons. The Morgan fingerprint density at radius 2 is 1.13 bits per heavy atom. The number of H-pyrrole nitrogens is 1. The van der Waals surface area contributed by atoms with Crippen molar-refractivity contribution < 1.29 is 44.6 Å². The highest BCUT2D eigenvalue weighted by atomic mass is 35.5. The normalized spacial score (nSPS) is 11.4. The van der Waals surface area contributed by atoms with E-state index in [1.165, 1.54) is 112 Å². The number of nitrogens with one attached hydrogen (secondary N) is 1. The van der Waals surface area contributed by atoms with Crippen molar-refractivity contribution in [1.82, 2.24) is 59.8 Å². The zero-order valence-corrected chi connectivity index (χ0v) is 60.2. The van der Waals surface area contributed by atoms with Gasteiger partial charge in [-0.05, 0) is 183 Å². The van der Waals surface area contributed by atoms with E-state index >= 15 is 0 Å². The molecule has 13 heterocycles. The molecule has 2 aliphatic rings. The molecule has 1 atom stereocenters. The molecule has 0 spiro atoms. The quantitative estimate of drug-likeness (QED) is 0.0577. The number of aromatic nitrogens is 12. The summed E-state index contributed by atoms with van der Waals surface area (Å²) in [5.74, 6) is 0.528. The second-order valence-electron chi connectivity index (χ2n) is 21.5. The molecule has 25 heteroatoms. The van der Waals surface area contributed by atoms with E-state index in [-0.39, 0.29) is 41.8 Å². The maximum atomic E-state index is 10.8. The minimum atomic E-state index is -0.942. The van der Waals surface area contributed by atoms with E-state index in [1.54, 1.807) is 154 Å². The molecule has 12 aromatic heterocycles. The van der Waals surface area contributed by atoms with Crippen LogP contribution in [-0.4, -0.2) is 145 Å². The van der Waals surface area contributed by atoms with Crippen LogP contribution in [0.4, 0.5) is 11.4 Å². The van der Waals surface area contributed by atoms with E-state index in [4.69, 9.17) is 41.9 Å². The number of halogens is 1. The number of hydrogen-bond donors (Lipinski definition) is 6.